The normalized spacial score (nSPS) is 14.0. The Morgan fingerprint density at radius 3 is 2.63 bits per heavy atom. The number of fused-ring (bicyclic) bond motifs is 2. The van der Waals surface area contributed by atoms with E-state index in [1.807, 2.05) is 37.3 Å². The molecule has 1 aliphatic heterocycles. The molecule has 35 heavy (non-hydrogen) atoms. The van der Waals surface area contributed by atoms with Crippen molar-refractivity contribution in [1.29, 1.82) is 0 Å². The topological polar surface area (TPSA) is 112 Å². The van der Waals surface area contributed by atoms with E-state index in [0.717, 1.165) is 28.0 Å². The van der Waals surface area contributed by atoms with E-state index in [0.29, 0.717) is 34.7 Å². The van der Waals surface area contributed by atoms with Crippen LogP contribution in [0.2, 0.25) is 0 Å². The number of hydrogen-bond acceptors (Lipinski definition) is 7. The zero-order valence-electron chi connectivity index (χ0n) is 19.0. The quantitative estimate of drug-likeness (QED) is 0.397. The van der Waals surface area contributed by atoms with Crippen LogP contribution in [0.25, 0.3) is 27.9 Å². The molecule has 3 aromatic heterocycles. The number of aromatic nitrogens is 5. The molecule has 0 saturated heterocycles. The SMILES string of the molecule is CC(C1=C(c2ccccc2)c2ccccc2CO1)n1nc(-c2cncc(O)c2)c2c(N)ncnc21. The second kappa shape index (κ2) is 8.25. The highest BCUT2D eigenvalue weighted by molar-refractivity contribution is 5.98. The Morgan fingerprint density at radius 2 is 1.80 bits per heavy atom. The molecule has 6 rings (SSSR count). The van der Waals surface area contributed by atoms with Gasteiger partial charge in [0.25, 0.3) is 0 Å². The van der Waals surface area contributed by atoms with E-state index in [4.69, 9.17) is 15.6 Å². The van der Waals surface area contributed by atoms with Gasteiger partial charge in [-0.2, -0.15) is 5.10 Å². The number of allylic oxidation sites excluding steroid dienone is 1. The van der Waals surface area contributed by atoms with Crippen LogP contribution in [0.1, 0.15) is 29.7 Å². The third kappa shape index (κ3) is 3.47. The molecule has 0 saturated carbocycles. The number of benzene rings is 2. The van der Waals surface area contributed by atoms with Crippen LogP contribution in [-0.2, 0) is 11.3 Å². The highest BCUT2D eigenvalue weighted by atomic mass is 16.5. The second-order valence-corrected chi connectivity index (χ2v) is 8.41. The van der Waals surface area contributed by atoms with E-state index < -0.39 is 0 Å². The number of nitrogens with two attached hydrogens (primary N) is 1. The van der Waals surface area contributed by atoms with Gasteiger partial charge >= 0.3 is 0 Å². The van der Waals surface area contributed by atoms with E-state index in [2.05, 4.69) is 39.2 Å². The van der Waals surface area contributed by atoms with Crippen LogP contribution in [0.5, 0.6) is 5.75 Å². The van der Waals surface area contributed by atoms with Crippen molar-refractivity contribution in [3.05, 3.63) is 102 Å². The van der Waals surface area contributed by atoms with E-state index in [1.165, 1.54) is 12.5 Å². The molecule has 0 radical (unpaired) electrons. The van der Waals surface area contributed by atoms with Gasteiger partial charge in [0, 0.05) is 17.3 Å². The predicted octanol–water partition coefficient (Wildman–Crippen LogP) is 4.73. The lowest BCUT2D eigenvalue weighted by atomic mass is 9.90. The number of aromatic hydroxyl groups is 1. The minimum absolute atomic E-state index is 0.0370. The zero-order valence-corrected chi connectivity index (χ0v) is 19.0. The summed E-state index contributed by atoms with van der Waals surface area (Å²) in [6, 6.07) is 19.8. The van der Waals surface area contributed by atoms with Gasteiger partial charge in [-0.15, -0.1) is 0 Å². The number of nitrogens with zero attached hydrogens (tertiary/aromatic N) is 5. The van der Waals surface area contributed by atoms with Crippen LogP contribution in [0, 0.1) is 0 Å². The van der Waals surface area contributed by atoms with Crippen molar-refractivity contribution in [3.8, 4) is 17.0 Å². The molecule has 2 aromatic carbocycles. The minimum atomic E-state index is -0.311. The number of ether oxygens (including phenoxy) is 1. The maximum absolute atomic E-state index is 10.0. The molecule has 4 heterocycles. The maximum atomic E-state index is 10.0. The molecule has 8 nitrogen and oxygen atoms in total. The van der Waals surface area contributed by atoms with Crippen LogP contribution in [-0.4, -0.2) is 29.8 Å². The fourth-order valence-electron chi connectivity index (χ4n) is 4.62. The summed E-state index contributed by atoms with van der Waals surface area (Å²) in [4.78, 5) is 12.8. The van der Waals surface area contributed by atoms with Crippen molar-refractivity contribution in [2.75, 3.05) is 5.73 Å². The van der Waals surface area contributed by atoms with E-state index in [1.54, 1.807) is 16.9 Å². The molecular weight excluding hydrogens is 440 g/mol. The molecule has 1 atom stereocenters. The Balaban J connectivity index is 1.59. The summed E-state index contributed by atoms with van der Waals surface area (Å²) < 4.78 is 8.20. The Kier molecular flexibility index (Phi) is 4.92. The maximum Gasteiger partial charge on any atom is 0.164 e. The summed E-state index contributed by atoms with van der Waals surface area (Å²) in [6.07, 6.45) is 4.43. The number of nitrogen functional groups attached to an aromatic ring is 1. The summed E-state index contributed by atoms with van der Waals surface area (Å²) in [5, 5.41) is 15.5. The average molecular weight is 463 g/mol. The van der Waals surface area contributed by atoms with Crippen molar-refractivity contribution in [2.45, 2.75) is 19.6 Å². The molecule has 8 heteroatoms. The molecule has 0 aliphatic carbocycles. The highest BCUT2D eigenvalue weighted by Gasteiger charge is 2.29. The van der Waals surface area contributed by atoms with Crippen LogP contribution in [0.3, 0.4) is 0 Å². The van der Waals surface area contributed by atoms with Crippen LogP contribution in [0.15, 0.2) is 85.1 Å². The average Bonchev–Trinajstić information content (AvgIpc) is 3.29. The summed E-state index contributed by atoms with van der Waals surface area (Å²) in [5.41, 5.74) is 12.4. The molecule has 1 unspecified atom stereocenters. The van der Waals surface area contributed by atoms with Gasteiger partial charge in [0.2, 0.25) is 0 Å². The van der Waals surface area contributed by atoms with Crippen molar-refractivity contribution in [3.63, 3.8) is 0 Å². The Bertz CT molecular complexity index is 1590. The van der Waals surface area contributed by atoms with E-state index in [9.17, 15) is 5.11 Å². The third-order valence-electron chi connectivity index (χ3n) is 6.24. The minimum Gasteiger partial charge on any atom is -0.506 e. The first-order valence-electron chi connectivity index (χ1n) is 11.3. The van der Waals surface area contributed by atoms with Crippen LogP contribution in [0.4, 0.5) is 5.82 Å². The third-order valence-corrected chi connectivity index (χ3v) is 6.24. The van der Waals surface area contributed by atoms with Crippen molar-refractivity contribution in [2.24, 2.45) is 0 Å². The first-order valence-corrected chi connectivity index (χ1v) is 11.3. The van der Waals surface area contributed by atoms with Gasteiger partial charge < -0.3 is 15.6 Å². The first kappa shape index (κ1) is 20.9. The van der Waals surface area contributed by atoms with Crippen molar-refractivity contribution >= 4 is 22.4 Å². The summed E-state index contributed by atoms with van der Waals surface area (Å²) >= 11 is 0. The Hall–Kier alpha value is -4.72. The molecule has 1 aliphatic rings. The fourth-order valence-corrected chi connectivity index (χ4v) is 4.62. The number of rotatable bonds is 4. The Labute approximate surface area is 201 Å². The van der Waals surface area contributed by atoms with E-state index >= 15 is 0 Å². The van der Waals surface area contributed by atoms with Crippen LogP contribution >= 0.6 is 0 Å². The number of hydrogen-bond donors (Lipinski definition) is 2. The van der Waals surface area contributed by atoms with Crippen molar-refractivity contribution < 1.29 is 9.84 Å². The fraction of sp³-hybridized carbons (Fsp3) is 0.111. The molecule has 5 aromatic rings. The molecule has 0 amide bonds. The summed E-state index contributed by atoms with van der Waals surface area (Å²) in [7, 11) is 0. The molecule has 0 fully saturated rings. The molecule has 172 valence electrons. The van der Waals surface area contributed by atoms with Crippen molar-refractivity contribution in [1.82, 2.24) is 24.7 Å². The van der Waals surface area contributed by atoms with Gasteiger partial charge in [-0.1, -0.05) is 54.6 Å². The second-order valence-electron chi connectivity index (χ2n) is 8.41. The zero-order chi connectivity index (χ0) is 23.9. The van der Waals surface area contributed by atoms with Gasteiger partial charge in [0.1, 0.15) is 42.0 Å². The lowest BCUT2D eigenvalue weighted by Crippen LogP contribution is -2.18. The van der Waals surface area contributed by atoms with E-state index in [-0.39, 0.29) is 11.8 Å². The number of anilines is 1. The molecular formula is C27H22N6O2. The molecule has 3 N–H and O–H groups in total. The smallest absolute Gasteiger partial charge is 0.164 e. The first-order chi connectivity index (χ1) is 17.1. The molecule has 0 bridgehead atoms. The van der Waals surface area contributed by atoms with Gasteiger partial charge in [-0.05, 0) is 29.7 Å². The lowest BCUT2D eigenvalue weighted by Gasteiger charge is -2.28. The summed E-state index contributed by atoms with van der Waals surface area (Å²) in [6.45, 7) is 2.49. The summed E-state index contributed by atoms with van der Waals surface area (Å²) in [5.74, 6) is 1.13. The predicted molar refractivity (Wildman–Crippen MR) is 133 cm³/mol. The van der Waals surface area contributed by atoms with Gasteiger partial charge in [0.05, 0.1) is 11.6 Å². The van der Waals surface area contributed by atoms with Crippen LogP contribution < -0.4 is 5.73 Å². The Morgan fingerprint density at radius 1 is 1.00 bits per heavy atom. The molecule has 0 spiro atoms. The standard InChI is InChI=1S/C27H22N6O2/c1-16(25-22(17-7-3-2-4-8-17)21-10-6-5-9-18(21)14-35-25)33-27-23(26(28)30-15-31-27)24(32-33)19-11-20(34)13-29-12-19/h2-13,15-16,34H,14H2,1H3,(H2,28,30,31). The van der Waals surface area contributed by atoms with Gasteiger partial charge in [0.15, 0.2) is 5.65 Å². The largest absolute Gasteiger partial charge is 0.506 e. The van der Waals surface area contributed by atoms with Gasteiger partial charge in [-0.3, -0.25) is 4.98 Å². The number of pyridine rings is 1. The highest BCUT2D eigenvalue weighted by Crippen LogP contribution is 2.41. The monoisotopic (exact) mass is 462 g/mol. The lowest BCUT2D eigenvalue weighted by molar-refractivity contribution is 0.164. The van der Waals surface area contributed by atoms with Gasteiger partial charge in [-0.25, -0.2) is 14.6 Å².